The lowest BCUT2D eigenvalue weighted by atomic mass is 9.78. The highest BCUT2D eigenvalue weighted by Crippen LogP contribution is 2.38. The Morgan fingerprint density at radius 2 is 0.955 bits per heavy atom. The quantitative estimate of drug-likeness (QED) is 0.682. The summed E-state index contributed by atoms with van der Waals surface area (Å²) in [6.07, 6.45) is 2.24. The molecule has 2 rings (SSSR count). The number of hydrogen-bond acceptors (Lipinski definition) is 2. The van der Waals surface area contributed by atoms with Gasteiger partial charge in [-0.15, -0.1) is 0 Å². The van der Waals surface area contributed by atoms with Crippen molar-refractivity contribution >= 4 is 0 Å². The monoisotopic (exact) mass is 298 g/mol. The van der Waals surface area contributed by atoms with Crippen molar-refractivity contribution in [3.8, 4) is 11.5 Å². The molecule has 0 heterocycles. The minimum Gasteiger partial charge on any atom is -0.497 e. The zero-order valence-corrected chi connectivity index (χ0v) is 14.0. The average Bonchev–Trinajstić information content (AvgIpc) is 2.60. The molecule has 0 saturated carbocycles. The van der Waals surface area contributed by atoms with Gasteiger partial charge in [-0.3, -0.25) is 0 Å². The van der Waals surface area contributed by atoms with Crippen LogP contribution in [0.4, 0.5) is 0 Å². The molecule has 0 aliphatic carbocycles. The first-order valence-corrected chi connectivity index (χ1v) is 8.01. The van der Waals surface area contributed by atoms with Crippen LogP contribution in [0, 0.1) is 0 Å². The first-order chi connectivity index (χ1) is 10.7. The van der Waals surface area contributed by atoms with Crippen LogP contribution in [0.1, 0.15) is 49.7 Å². The first-order valence-electron chi connectivity index (χ1n) is 8.01. The summed E-state index contributed by atoms with van der Waals surface area (Å²) in [6.45, 7) is 4.53. The SMILES string of the molecule is CC[C@@H](c1ccc(OC)cc1)[C@@H](CC)c1ccc(OC)cc1. The molecule has 0 fully saturated rings. The summed E-state index contributed by atoms with van der Waals surface area (Å²) in [7, 11) is 3.41. The van der Waals surface area contributed by atoms with Gasteiger partial charge in [-0.1, -0.05) is 38.1 Å². The Labute approximate surface area is 134 Å². The summed E-state index contributed by atoms with van der Waals surface area (Å²) in [5.74, 6) is 2.86. The highest BCUT2D eigenvalue weighted by molar-refractivity contribution is 5.35. The van der Waals surface area contributed by atoms with Gasteiger partial charge in [0, 0.05) is 0 Å². The van der Waals surface area contributed by atoms with Gasteiger partial charge in [-0.05, 0) is 60.1 Å². The first kappa shape index (κ1) is 16.4. The van der Waals surface area contributed by atoms with Crippen LogP contribution < -0.4 is 9.47 Å². The smallest absolute Gasteiger partial charge is 0.118 e. The summed E-state index contributed by atoms with van der Waals surface area (Å²) in [5.41, 5.74) is 2.76. The largest absolute Gasteiger partial charge is 0.497 e. The standard InChI is InChI=1S/C20H26O2/c1-5-19(15-7-11-17(21-3)12-8-15)20(6-2)16-9-13-18(22-4)14-10-16/h7-14,19-20H,5-6H2,1-4H3/t19-,20-/m0/s1. The zero-order valence-electron chi connectivity index (χ0n) is 14.0. The fraction of sp³-hybridized carbons (Fsp3) is 0.400. The minimum absolute atomic E-state index is 0.518. The molecule has 0 radical (unpaired) electrons. The maximum atomic E-state index is 5.27. The number of rotatable bonds is 7. The predicted octanol–water partition coefficient (Wildman–Crippen LogP) is 5.39. The zero-order chi connectivity index (χ0) is 15.9. The van der Waals surface area contributed by atoms with Gasteiger partial charge in [-0.2, -0.15) is 0 Å². The van der Waals surface area contributed by atoms with E-state index in [2.05, 4.69) is 62.4 Å². The minimum atomic E-state index is 0.518. The molecule has 118 valence electrons. The van der Waals surface area contributed by atoms with Gasteiger partial charge in [0.1, 0.15) is 11.5 Å². The fourth-order valence-electron chi connectivity index (χ4n) is 3.21. The number of benzene rings is 2. The Kier molecular flexibility index (Phi) is 5.88. The molecule has 0 aromatic heterocycles. The fourth-order valence-corrected chi connectivity index (χ4v) is 3.21. The Bertz CT molecular complexity index is 504. The van der Waals surface area contributed by atoms with Gasteiger partial charge in [0.15, 0.2) is 0 Å². The maximum Gasteiger partial charge on any atom is 0.118 e. The lowest BCUT2D eigenvalue weighted by Crippen LogP contribution is -2.10. The molecule has 0 N–H and O–H groups in total. The molecule has 2 nitrogen and oxygen atoms in total. The molecule has 2 aromatic rings. The second-order valence-corrected chi connectivity index (χ2v) is 5.58. The van der Waals surface area contributed by atoms with Crippen LogP contribution in [0.3, 0.4) is 0 Å². The van der Waals surface area contributed by atoms with Crippen LogP contribution in [0.15, 0.2) is 48.5 Å². The molecule has 22 heavy (non-hydrogen) atoms. The van der Waals surface area contributed by atoms with Crippen LogP contribution >= 0.6 is 0 Å². The summed E-state index contributed by atoms with van der Waals surface area (Å²) < 4.78 is 10.5. The third kappa shape index (κ3) is 3.62. The van der Waals surface area contributed by atoms with Gasteiger partial charge in [-0.25, -0.2) is 0 Å². The average molecular weight is 298 g/mol. The van der Waals surface area contributed by atoms with Crippen molar-refractivity contribution in [2.24, 2.45) is 0 Å². The van der Waals surface area contributed by atoms with E-state index in [0.29, 0.717) is 11.8 Å². The van der Waals surface area contributed by atoms with Crippen LogP contribution in [0.25, 0.3) is 0 Å². The highest BCUT2D eigenvalue weighted by atomic mass is 16.5. The number of ether oxygens (including phenoxy) is 2. The normalized spacial score (nSPS) is 13.5. The van der Waals surface area contributed by atoms with E-state index in [1.54, 1.807) is 14.2 Å². The molecule has 2 atom stereocenters. The molecule has 0 amide bonds. The van der Waals surface area contributed by atoms with E-state index in [0.717, 1.165) is 24.3 Å². The van der Waals surface area contributed by atoms with Crippen molar-refractivity contribution < 1.29 is 9.47 Å². The molecule has 2 aromatic carbocycles. The maximum absolute atomic E-state index is 5.27. The predicted molar refractivity (Wildman–Crippen MR) is 92.1 cm³/mol. The molecule has 0 bridgehead atoms. The Balaban J connectivity index is 2.28. The molecular weight excluding hydrogens is 272 g/mol. The van der Waals surface area contributed by atoms with E-state index in [-0.39, 0.29) is 0 Å². The van der Waals surface area contributed by atoms with Crippen LogP contribution in [-0.2, 0) is 0 Å². The van der Waals surface area contributed by atoms with Crippen molar-refractivity contribution in [2.45, 2.75) is 38.5 Å². The molecule has 0 aliphatic heterocycles. The van der Waals surface area contributed by atoms with E-state index < -0.39 is 0 Å². The van der Waals surface area contributed by atoms with Gasteiger partial charge < -0.3 is 9.47 Å². The van der Waals surface area contributed by atoms with E-state index in [9.17, 15) is 0 Å². The van der Waals surface area contributed by atoms with Crippen molar-refractivity contribution in [3.05, 3.63) is 59.7 Å². The second kappa shape index (κ2) is 7.88. The van der Waals surface area contributed by atoms with Gasteiger partial charge in [0.25, 0.3) is 0 Å². The summed E-state index contributed by atoms with van der Waals surface area (Å²) in [4.78, 5) is 0. The summed E-state index contributed by atoms with van der Waals surface area (Å²) in [6, 6.07) is 17.0. The Morgan fingerprint density at radius 3 is 1.18 bits per heavy atom. The van der Waals surface area contributed by atoms with E-state index in [4.69, 9.17) is 9.47 Å². The molecule has 0 aliphatic rings. The van der Waals surface area contributed by atoms with Crippen molar-refractivity contribution in [1.82, 2.24) is 0 Å². The summed E-state index contributed by atoms with van der Waals surface area (Å²) >= 11 is 0. The number of hydrogen-bond donors (Lipinski definition) is 0. The number of methoxy groups -OCH3 is 2. The molecular formula is C20H26O2. The third-order valence-electron chi connectivity index (χ3n) is 4.45. The summed E-state index contributed by atoms with van der Waals surface area (Å²) in [5, 5.41) is 0. The van der Waals surface area contributed by atoms with E-state index in [1.165, 1.54) is 11.1 Å². The van der Waals surface area contributed by atoms with Crippen molar-refractivity contribution in [3.63, 3.8) is 0 Å². The molecule has 0 unspecified atom stereocenters. The topological polar surface area (TPSA) is 18.5 Å². The highest BCUT2D eigenvalue weighted by Gasteiger charge is 2.22. The Hall–Kier alpha value is -1.96. The molecule has 0 saturated heterocycles. The van der Waals surface area contributed by atoms with E-state index >= 15 is 0 Å². The lowest BCUT2D eigenvalue weighted by molar-refractivity contribution is 0.413. The van der Waals surface area contributed by atoms with Gasteiger partial charge in [0.05, 0.1) is 14.2 Å². The van der Waals surface area contributed by atoms with Crippen LogP contribution in [-0.4, -0.2) is 14.2 Å². The van der Waals surface area contributed by atoms with Gasteiger partial charge >= 0.3 is 0 Å². The second-order valence-electron chi connectivity index (χ2n) is 5.58. The van der Waals surface area contributed by atoms with Crippen molar-refractivity contribution in [1.29, 1.82) is 0 Å². The van der Waals surface area contributed by atoms with Gasteiger partial charge in [0.2, 0.25) is 0 Å². The lowest BCUT2D eigenvalue weighted by Gasteiger charge is -2.26. The van der Waals surface area contributed by atoms with Crippen LogP contribution in [0.2, 0.25) is 0 Å². The van der Waals surface area contributed by atoms with E-state index in [1.807, 2.05) is 0 Å². The Morgan fingerprint density at radius 1 is 0.636 bits per heavy atom. The van der Waals surface area contributed by atoms with Crippen molar-refractivity contribution in [2.75, 3.05) is 14.2 Å². The van der Waals surface area contributed by atoms with Crippen LogP contribution in [0.5, 0.6) is 11.5 Å². The third-order valence-corrected chi connectivity index (χ3v) is 4.45. The molecule has 2 heteroatoms. The molecule has 0 spiro atoms.